The molecular formula is C25H25ClF2N4O2. The standard InChI is InChI=1S/C25H25ClF2N4O2/c1-31(2)18-8-9-32(13-18)25(33)16-5-3-4-15(10-16)17-11-22(24(29)30-12-17)34-14-19-20(27)6-7-21(28)23(19)26/h3-7,10-12,18H,8-9,13-14H2,1-2H3,(H2,29,30). The van der Waals surface area contributed by atoms with Crippen LogP contribution in [0.1, 0.15) is 22.3 Å². The van der Waals surface area contributed by atoms with Crippen molar-refractivity contribution in [2.75, 3.05) is 32.9 Å². The number of nitrogen functional groups attached to an aromatic ring is 1. The topological polar surface area (TPSA) is 71.7 Å². The van der Waals surface area contributed by atoms with Crippen LogP contribution in [0.5, 0.6) is 5.75 Å². The number of ether oxygens (including phenoxy) is 1. The number of amides is 1. The van der Waals surface area contributed by atoms with Crippen LogP contribution in [0.3, 0.4) is 0 Å². The zero-order valence-corrected chi connectivity index (χ0v) is 19.6. The lowest BCUT2D eigenvalue weighted by Crippen LogP contribution is -2.34. The number of halogens is 3. The van der Waals surface area contributed by atoms with E-state index in [1.165, 1.54) is 0 Å². The molecule has 0 spiro atoms. The van der Waals surface area contributed by atoms with Gasteiger partial charge >= 0.3 is 0 Å². The van der Waals surface area contributed by atoms with Crippen molar-refractivity contribution in [1.29, 1.82) is 0 Å². The number of aromatic nitrogens is 1. The summed E-state index contributed by atoms with van der Waals surface area (Å²) in [6, 6.07) is 11.2. The summed E-state index contributed by atoms with van der Waals surface area (Å²) in [7, 11) is 4.04. The first-order valence-electron chi connectivity index (χ1n) is 10.8. The Morgan fingerprint density at radius 3 is 2.71 bits per heavy atom. The summed E-state index contributed by atoms with van der Waals surface area (Å²) in [5.41, 5.74) is 7.81. The summed E-state index contributed by atoms with van der Waals surface area (Å²) in [5.74, 6) is -1.16. The first-order valence-corrected chi connectivity index (χ1v) is 11.2. The Bertz CT molecular complexity index is 1220. The smallest absolute Gasteiger partial charge is 0.253 e. The van der Waals surface area contributed by atoms with Crippen LogP contribution in [0, 0.1) is 11.6 Å². The zero-order chi connectivity index (χ0) is 24.4. The summed E-state index contributed by atoms with van der Waals surface area (Å²) in [4.78, 5) is 21.2. The number of rotatable bonds is 6. The van der Waals surface area contributed by atoms with Crippen molar-refractivity contribution >= 4 is 23.3 Å². The van der Waals surface area contributed by atoms with E-state index in [-0.39, 0.29) is 34.7 Å². The fraction of sp³-hybridized carbons (Fsp3) is 0.280. The zero-order valence-electron chi connectivity index (χ0n) is 18.9. The third-order valence-electron chi connectivity index (χ3n) is 6.02. The van der Waals surface area contributed by atoms with E-state index in [2.05, 4.69) is 9.88 Å². The van der Waals surface area contributed by atoms with Gasteiger partial charge in [-0.2, -0.15) is 0 Å². The average molecular weight is 487 g/mol. The van der Waals surface area contributed by atoms with E-state index in [1.807, 2.05) is 25.1 Å². The molecule has 0 saturated carbocycles. The van der Waals surface area contributed by atoms with Crippen molar-refractivity contribution < 1.29 is 18.3 Å². The molecule has 178 valence electrons. The molecular weight excluding hydrogens is 462 g/mol. The first kappa shape index (κ1) is 23.9. The highest BCUT2D eigenvalue weighted by Gasteiger charge is 2.28. The minimum Gasteiger partial charge on any atom is -0.485 e. The van der Waals surface area contributed by atoms with Gasteiger partial charge < -0.3 is 20.3 Å². The number of pyridine rings is 1. The molecule has 0 bridgehead atoms. The second-order valence-electron chi connectivity index (χ2n) is 8.46. The Kier molecular flexibility index (Phi) is 7.00. The summed E-state index contributed by atoms with van der Waals surface area (Å²) in [5, 5.41) is -0.340. The second kappa shape index (κ2) is 9.95. The highest BCUT2D eigenvalue weighted by molar-refractivity contribution is 6.31. The van der Waals surface area contributed by atoms with Crippen molar-refractivity contribution in [1.82, 2.24) is 14.8 Å². The molecule has 3 aromatic rings. The lowest BCUT2D eigenvalue weighted by Gasteiger charge is -2.20. The molecule has 2 aromatic carbocycles. The highest BCUT2D eigenvalue weighted by Crippen LogP contribution is 2.30. The van der Waals surface area contributed by atoms with Crippen LogP contribution < -0.4 is 10.5 Å². The predicted octanol–water partition coefficient (Wildman–Crippen LogP) is 4.62. The van der Waals surface area contributed by atoms with Gasteiger partial charge in [-0.05, 0) is 56.4 Å². The van der Waals surface area contributed by atoms with Gasteiger partial charge in [0.1, 0.15) is 18.2 Å². The maximum Gasteiger partial charge on any atom is 0.253 e. The van der Waals surface area contributed by atoms with E-state index in [1.54, 1.807) is 30.5 Å². The Hall–Kier alpha value is -3.23. The summed E-state index contributed by atoms with van der Waals surface area (Å²) >= 11 is 5.88. The minimum absolute atomic E-state index is 0.0256. The van der Waals surface area contributed by atoms with Gasteiger partial charge in [-0.25, -0.2) is 13.8 Å². The lowest BCUT2D eigenvalue weighted by atomic mass is 10.0. The van der Waals surface area contributed by atoms with Crippen molar-refractivity contribution in [2.24, 2.45) is 0 Å². The van der Waals surface area contributed by atoms with Crippen molar-refractivity contribution in [3.8, 4) is 16.9 Å². The van der Waals surface area contributed by atoms with Gasteiger partial charge in [0.25, 0.3) is 5.91 Å². The Morgan fingerprint density at radius 1 is 1.21 bits per heavy atom. The van der Waals surface area contributed by atoms with E-state index >= 15 is 0 Å². The van der Waals surface area contributed by atoms with Crippen molar-refractivity contribution in [3.05, 3.63) is 76.4 Å². The molecule has 1 atom stereocenters. The van der Waals surface area contributed by atoms with Crippen LogP contribution >= 0.6 is 11.6 Å². The molecule has 2 heterocycles. The van der Waals surface area contributed by atoms with Crippen LogP contribution in [0.15, 0.2) is 48.7 Å². The molecule has 0 aliphatic carbocycles. The van der Waals surface area contributed by atoms with E-state index in [4.69, 9.17) is 22.1 Å². The fourth-order valence-corrected chi connectivity index (χ4v) is 4.15. The fourth-order valence-electron chi connectivity index (χ4n) is 3.94. The van der Waals surface area contributed by atoms with Crippen LogP contribution in [-0.4, -0.2) is 53.9 Å². The minimum atomic E-state index is -0.738. The van der Waals surface area contributed by atoms with Crippen molar-refractivity contribution in [2.45, 2.75) is 19.1 Å². The molecule has 1 amide bonds. The van der Waals surface area contributed by atoms with Crippen LogP contribution in [-0.2, 0) is 6.61 Å². The number of benzene rings is 2. The molecule has 1 aliphatic heterocycles. The molecule has 1 saturated heterocycles. The monoisotopic (exact) mass is 486 g/mol. The number of likely N-dealkylation sites (tertiary alicyclic amines) is 1. The molecule has 1 aromatic heterocycles. The number of hydrogen-bond donors (Lipinski definition) is 1. The average Bonchev–Trinajstić information content (AvgIpc) is 3.33. The van der Waals surface area contributed by atoms with Gasteiger partial charge in [0.05, 0.1) is 5.02 Å². The molecule has 1 unspecified atom stereocenters. The van der Waals surface area contributed by atoms with Gasteiger partial charge in [-0.15, -0.1) is 0 Å². The number of carbonyl (C=O) groups excluding carboxylic acids is 1. The number of nitrogens with zero attached hydrogens (tertiary/aromatic N) is 3. The maximum atomic E-state index is 14.1. The molecule has 1 aliphatic rings. The Balaban J connectivity index is 1.54. The predicted molar refractivity (Wildman–Crippen MR) is 128 cm³/mol. The van der Waals surface area contributed by atoms with E-state index in [0.29, 0.717) is 30.3 Å². The van der Waals surface area contributed by atoms with Gasteiger partial charge in [0.15, 0.2) is 11.6 Å². The molecule has 34 heavy (non-hydrogen) atoms. The molecule has 4 rings (SSSR count). The van der Waals surface area contributed by atoms with Crippen molar-refractivity contribution in [3.63, 3.8) is 0 Å². The number of likely N-dealkylation sites (N-methyl/N-ethyl adjacent to an activating group) is 1. The summed E-state index contributed by atoms with van der Waals surface area (Å²) < 4.78 is 33.4. The quantitative estimate of drug-likeness (QED) is 0.515. The normalized spacial score (nSPS) is 15.7. The molecule has 0 radical (unpaired) electrons. The molecule has 2 N–H and O–H groups in total. The van der Waals surface area contributed by atoms with Gasteiger partial charge in [0, 0.05) is 42.0 Å². The van der Waals surface area contributed by atoms with E-state index in [0.717, 1.165) is 24.1 Å². The maximum absolute atomic E-state index is 14.1. The van der Waals surface area contributed by atoms with Gasteiger partial charge in [-0.1, -0.05) is 23.7 Å². The Morgan fingerprint density at radius 2 is 1.97 bits per heavy atom. The number of anilines is 1. The highest BCUT2D eigenvalue weighted by atomic mass is 35.5. The summed E-state index contributed by atoms with van der Waals surface area (Å²) in [6.07, 6.45) is 2.51. The number of carbonyl (C=O) groups is 1. The van der Waals surface area contributed by atoms with Crippen LogP contribution in [0.2, 0.25) is 5.02 Å². The van der Waals surface area contributed by atoms with Crippen LogP contribution in [0.25, 0.3) is 11.1 Å². The molecule has 6 nitrogen and oxygen atoms in total. The first-order chi connectivity index (χ1) is 16.2. The third kappa shape index (κ3) is 4.98. The third-order valence-corrected chi connectivity index (χ3v) is 6.43. The molecule has 1 fully saturated rings. The summed E-state index contributed by atoms with van der Waals surface area (Å²) in [6.45, 7) is 1.08. The van der Waals surface area contributed by atoms with Gasteiger partial charge in [0.2, 0.25) is 0 Å². The van der Waals surface area contributed by atoms with Crippen LogP contribution in [0.4, 0.5) is 14.6 Å². The van der Waals surface area contributed by atoms with E-state index in [9.17, 15) is 13.6 Å². The largest absolute Gasteiger partial charge is 0.485 e. The SMILES string of the molecule is CN(C)C1CCN(C(=O)c2cccc(-c3cnc(N)c(OCc4c(F)ccc(F)c4Cl)c3)c2)C1. The number of hydrogen-bond acceptors (Lipinski definition) is 5. The lowest BCUT2D eigenvalue weighted by molar-refractivity contribution is 0.0783. The van der Waals surface area contributed by atoms with Gasteiger partial charge in [-0.3, -0.25) is 4.79 Å². The van der Waals surface area contributed by atoms with E-state index < -0.39 is 11.6 Å². The molecule has 9 heteroatoms. The Labute approximate surface area is 201 Å². The number of nitrogens with two attached hydrogens (primary N) is 1. The second-order valence-corrected chi connectivity index (χ2v) is 8.83.